The minimum Gasteiger partial charge on any atom is -0.368 e. The number of amides is 1. The van der Waals surface area contributed by atoms with Crippen molar-refractivity contribution in [1.29, 1.82) is 0 Å². The molecule has 1 aliphatic rings. The third-order valence-corrected chi connectivity index (χ3v) is 7.44. The zero-order valence-electron chi connectivity index (χ0n) is 18.6. The molecule has 1 amide bonds. The van der Waals surface area contributed by atoms with Crippen LogP contribution in [-0.4, -0.2) is 33.0 Å². The number of carbonyl (C=O) groups is 1. The number of sulfonamides is 1. The summed E-state index contributed by atoms with van der Waals surface area (Å²) in [5, 5.41) is 2.86. The SMILES string of the molecule is CC[C@@H](C)NS(=O)(=O)c1cc(NC(=O)Cc2ccccc2)ccc1N1CCCC[C@@H]1C. The zero-order valence-corrected chi connectivity index (χ0v) is 19.4. The standard InChI is InChI=1S/C24H33N3O3S/c1-4-18(2)26-31(29,30)23-17-21(25-24(28)16-20-11-6-5-7-12-20)13-14-22(23)27-15-9-8-10-19(27)3/h5-7,11-14,17-19,26H,4,8-10,15-16H2,1-3H3,(H,25,28)/t18-,19+/m1/s1. The Morgan fingerprint density at radius 1 is 1.16 bits per heavy atom. The Kier molecular flexibility index (Phi) is 7.73. The Hall–Kier alpha value is -2.38. The van der Waals surface area contributed by atoms with Gasteiger partial charge >= 0.3 is 0 Å². The number of anilines is 2. The van der Waals surface area contributed by atoms with Gasteiger partial charge in [0.2, 0.25) is 15.9 Å². The lowest BCUT2D eigenvalue weighted by Gasteiger charge is -2.36. The number of benzene rings is 2. The van der Waals surface area contributed by atoms with Gasteiger partial charge in [-0.2, -0.15) is 0 Å². The van der Waals surface area contributed by atoms with Gasteiger partial charge in [0.1, 0.15) is 4.90 Å². The normalized spacial score (nSPS) is 17.9. The molecule has 0 aromatic heterocycles. The van der Waals surface area contributed by atoms with Crippen LogP contribution in [0.1, 0.15) is 52.0 Å². The van der Waals surface area contributed by atoms with Crippen molar-refractivity contribution in [2.75, 3.05) is 16.8 Å². The highest BCUT2D eigenvalue weighted by Crippen LogP contribution is 2.33. The van der Waals surface area contributed by atoms with Gasteiger partial charge in [0, 0.05) is 24.3 Å². The van der Waals surface area contributed by atoms with Crippen LogP contribution in [0.3, 0.4) is 0 Å². The molecular weight excluding hydrogens is 410 g/mol. The highest BCUT2D eigenvalue weighted by molar-refractivity contribution is 7.89. The molecule has 0 spiro atoms. The molecular formula is C24H33N3O3S. The van der Waals surface area contributed by atoms with E-state index in [1.807, 2.05) is 50.2 Å². The van der Waals surface area contributed by atoms with Crippen LogP contribution < -0.4 is 14.9 Å². The second-order valence-corrected chi connectivity index (χ2v) is 10.0. The molecule has 0 saturated carbocycles. The second-order valence-electron chi connectivity index (χ2n) is 8.36. The smallest absolute Gasteiger partial charge is 0.242 e. The predicted octanol–water partition coefficient (Wildman–Crippen LogP) is 4.32. The van der Waals surface area contributed by atoms with Crippen molar-refractivity contribution < 1.29 is 13.2 Å². The van der Waals surface area contributed by atoms with Crippen molar-refractivity contribution in [3.05, 3.63) is 54.1 Å². The van der Waals surface area contributed by atoms with Crippen LogP contribution >= 0.6 is 0 Å². The summed E-state index contributed by atoms with van der Waals surface area (Å²) in [4.78, 5) is 14.9. The average Bonchev–Trinajstić information content (AvgIpc) is 2.74. The van der Waals surface area contributed by atoms with Crippen LogP contribution in [0.15, 0.2) is 53.4 Å². The zero-order chi connectivity index (χ0) is 22.4. The number of piperidine rings is 1. The molecule has 3 rings (SSSR count). The highest BCUT2D eigenvalue weighted by atomic mass is 32.2. The molecule has 2 N–H and O–H groups in total. The first-order chi connectivity index (χ1) is 14.8. The van der Waals surface area contributed by atoms with Crippen LogP contribution in [0.25, 0.3) is 0 Å². The summed E-state index contributed by atoms with van der Waals surface area (Å²) in [6.07, 6.45) is 4.16. The average molecular weight is 444 g/mol. The third kappa shape index (κ3) is 6.08. The Labute approximate surface area is 186 Å². The lowest BCUT2D eigenvalue weighted by atomic mass is 10.0. The minimum atomic E-state index is -3.74. The summed E-state index contributed by atoms with van der Waals surface area (Å²) < 4.78 is 29.3. The Bertz CT molecular complexity index is 992. The maximum absolute atomic E-state index is 13.3. The number of hydrogen-bond acceptors (Lipinski definition) is 4. The van der Waals surface area contributed by atoms with Gasteiger partial charge in [-0.05, 0) is 63.3 Å². The number of carbonyl (C=O) groups excluding carboxylic acids is 1. The van der Waals surface area contributed by atoms with Crippen molar-refractivity contribution in [3.63, 3.8) is 0 Å². The molecule has 168 valence electrons. The number of nitrogens with zero attached hydrogens (tertiary/aromatic N) is 1. The number of nitrogens with one attached hydrogen (secondary N) is 2. The lowest BCUT2D eigenvalue weighted by Crippen LogP contribution is -2.39. The monoisotopic (exact) mass is 443 g/mol. The van der Waals surface area contributed by atoms with Gasteiger partial charge in [0.25, 0.3) is 0 Å². The molecule has 0 radical (unpaired) electrons. The number of rotatable bonds is 8. The molecule has 0 unspecified atom stereocenters. The first-order valence-electron chi connectivity index (χ1n) is 11.1. The van der Waals surface area contributed by atoms with Gasteiger partial charge in [-0.3, -0.25) is 4.79 Å². The molecule has 2 aromatic carbocycles. The van der Waals surface area contributed by atoms with Crippen LogP contribution in [0, 0.1) is 0 Å². The van der Waals surface area contributed by atoms with Crippen LogP contribution in [0.4, 0.5) is 11.4 Å². The first-order valence-corrected chi connectivity index (χ1v) is 12.5. The van der Waals surface area contributed by atoms with E-state index in [1.165, 1.54) is 0 Å². The highest BCUT2D eigenvalue weighted by Gasteiger charge is 2.27. The van der Waals surface area contributed by atoms with E-state index in [9.17, 15) is 13.2 Å². The summed E-state index contributed by atoms with van der Waals surface area (Å²) in [5.74, 6) is -0.177. The molecule has 7 heteroatoms. The lowest BCUT2D eigenvalue weighted by molar-refractivity contribution is -0.115. The molecule has 6 nitrogen and oxygen atoms in total. The molecule has 1 heterocycles. The molecule has 1 fully saturated rings. The van der Waals surface area contributed by atoms with Gasteiger partial charge in [-0.1, -0.05) is 37.3 Å². The number of hydrogen-bond donors (Lipinski definition) is 2. The predicted molar refractivity (Wildman–Crippen MR) is 126 cm³/mol. The van der Waals surface area contributed by atoms with E-state index in [4.69, 9.17) is 0 Å². The Morgan fingerprint density at radius 2 is 1.90 bits per heavy atom. The van der Waals surface area contributed by atoms with Crippen molar-refractivity contribution >= 4 is 27.3 Å². The molecule has 2 aromatic rings. The van der Waals surface area contributed by atoms with Gasteiger partial charge in [-0.15, -0.1) is 0 Å². The summed E-state index contributed by atoms with van der Waals surface area (Å²) in [7, 11) is -3.74. The summed E-state index contributed by atoms with van der Waals surface area (Å²) in [6, 6.07) is 14.8. The largest absolute Gasteiger partial charge is 0.368 e. The third-order valence-electron chi connectivity index (χ3n) is 5.82. The van der Waals surface area contributed by atoms with Gasteiger partial charge in [0.15, 0.2) is 0 Å². The fourth-order valence-corrected chi connectivity index (χ4v) is 5.46. The van der Waals surface area contributed by atoms with E-state index >= 15 is 0 Å². The molecule has 2 atom stereocenters. The summed E-state index contributed by atoms with van der Waals surface area (Å²) in [5.41, 5.74) is 2.09. The molecule has 1 saturated heterocycles. The summed E-state index contributed by atoms with van der Waals surface area (Å²) >= 11 is 0. The van der Waals surface area contributed by atoms with E-state index < -0.39 is 10.0 Å². The maximum Gasteiger partial charge on any atom is 0.242 e. The second kappa shape index (κ2) is 10.3. The molecule has 31 heavy (non-hydrogen) atoms. The Balaban J connectivity index is 1.91. The van der Waals surface area contributed by atoms with Crippen molar-refractivity contribution in [2.24, 2.45) is 0 Å². The molecule has 1 aliphatic heterocycles. The topological polar surface area (TPSA) is 78.5 Å². The fraction of sp³-hybridized carbons (Fsp3) is 0.458. The first kappa shape index (κ1) is 23.3. The summed E-state index contributed by atoms with van der Waals surface area (Å²) in [6.45, 7) is 6.76. The minimum absolute atomic E-state index is 0.173. The van der Waals surface area contributed by atoms with Crippen LogP contribution in [0.5, 0.6) is 0 Å². The molecule has 0 aliphatic carbocycles. The van der Waals surface area contributed by atoms with Crippen molar-refractivity contribution in [3.8, 4) is 0 Å². The van der Waals surface area contributed by atoms with E-state index in [0.29, 0.717) is 17.8 Å². The van der Waals surface area contributed by atoms with Gasteiger partial charge in [0.05, 0.1) is 12.1 Å². The maximum atomic E-state index is 13.3. The molecule has 0 bridgehead atoms. The Morgan fingerprint density at radius 3 is 2.58 bits per heavy atom. The van der Waals surface area contributed by atoms with E-state index in [0.717, 1.165) is 31.4 Å². The van der Waals surface area contributed by atoms with Crippen molar-refractivity contribution in [2.45, 2.75) is 69.9 Å². The van der Waals surface area contributed by atoms with E-state index in [1.54, 1.807) is 12.1 Å². The van der Waals surface area contributed by atoms with E-state index in [2.05, 4.69) is 21.9 Å². The fourth-order valence-electron chi connectivity index (χ4n) is 3.90. The van der Waals surface area contributed by atoms with Crippen LogP contribution in [-0.2, 0) is 21.2 Å². The van der Waals surface area contributed by atoms with Crippen LogP contribution in [0.2, 0.25) is 0 Å². The van der Waals surface area contributed by atoms with Gasteiger partial charge in [-0.25, -0.2) is 13.1 Å². The quantitative estimate of drug-likeness (QED) is 0.637. The van der Waals surface area contributed by atoms with E-state index in [-0.39, 0.29) is 29.3 Å². The van der Waals surface area contributed by atoms with Gasteiger partial charge < -0.3 is 10.2 Å². The van der Waals surface area contributed by atoms with Crippen molar-refractivity contribution in [1.82, 2.24) is 4.72 Å².